The van der Waals surface area contributed by atoms with Crippen molar-refractivity contribution in [2.24, 2.45) is 0 Å². The summed E-state index contributed by atoms with van der Waals surface area (Å²) in [6.07, 6.45) is -3.29. The largest absolute Gasteiger partial charge is 0.508 e. The Morgan fingerprint density at radius 3 is 2.36 bits per heavy atom. The molecule has 10 heteroatoms. The Morgan fingerprint density at radius 1 is 1.00 bits per heavy atom. The zero-order valence-corrected chi connectivity index (χ0v) is 24.0. The van der Waals surface area contributed by atoms with Gasteiger partial charge in [0.15, 0.2) is 6.10 Å². The summed E-state index contributed by atoms with van der Waals surface area (Å²) in [5.74, 6) is -2.02. The van der Waals surface area contributed by atoms with Crippen LogP contribution in [0.3, 0.4) is 0 Å². The highest BCUT2D eigenvalue weighted by molar-refractivity contribution is 5.97. The average molecular weight is 577 g/mol. The Labute approximate surface area is 245 Å². The van der Waals surface area contributed by atoms with Gasteiger partial charge in [0.1, 0.15) is 18.0 Å². The van der Waals surface area contributed by atoms with Gasteiger partial charge in [0.25, 0.3) is 11.8 Å². The first-order valence-electron chi connectivity index (χ1n) is 13.8. The number of aliphatic hydroxyl groups is 1. The summed E-state index contributed by atoms with van der Waals surface area (Å²) in [7, 11) is 3.85. The average Bonchev–Trinajstić information content (AvgIpc) is 3.38. The number of likely N-dealkylation sites (tertiary alicyclic amines) is 1. The van der Waals surface area contributed by atoms with E-state index in [1.165, 1.54) is 18.2 Å². The van der Waals surface area contributed by atoms with E-state index in [2.05, 4.69) is 10.6 Å². The topological polar surface area (TPSA) is 122 Å². The van der Waals surface area contributed by atoms with Crippen LogP contribution in [0.2, 0.25) is 0 Å². The summed E-state index contributed by atoms with van der Waals surface area (Å²) in [5, 5.41) is 26.8. The molecule has 4 rings (SSSR count). The first kappa shape index (κ1) is 30.5. The van der Waals surface area contributed by atoms with E-state index >= 15 is 0 Å². The second-order valence-electron chi connectivity index (χ2n) is 10.8. The van der Waals surface area contributed by atoms with Crippen molar-refractivity contribution in [1.29, 1.82) is 0 Å². The fourth-order valence-corrected chi connectivity index (χ4v) is 5.06. The smallest absolute Gasteiger partial charge is 0.254 e. The number of rotatable bonds is 10. The Morgan fingerprint density at radius 2 is 1.69 bits per heavy atom. The Hall–Kier alpha value is -4.44. The van der Waals surface area contributed by atoms with Crippen LogP contribution in [0, 0.1) is 6.92 Å². The summed E-state index contributed by atoms with van der Waals surface area (Å²) in [4.78, 5) is 42.9. The number of alkyl halides is 1. The molecular weight excluding hydrogens is 539 g/mol. The van der Waals surface area contributed by atoms with Crippen LogP contribution < -0.4 is 15.5 Å². The SMILES string of the molecule is Cc1c(O)cccc1C(=O)N[C@@H](Cc1ccccc1)[C@H](O)C(=O)N1C[C@@H](F)C[C@@H]1C(=O)NCc1ccc(N(C)C)cc1. The van der Waals surface area contributed by atoms with Gasteiger partial charge in [-0.05, 0) is 48.7 Å². The first-order chi connectivity index (χ1) is 20.0. The minimum atomic E-state index is -1.76. The lowest BCUT2D eigenvalue weighted by Gasteiger charge is -2.30. The normalized spacial score (nSPS) is 17.8. The number of aliphatic hydroxyl groups excluding tert-OH is 1. The molecule has 0 spiro atoms. The molecule has 3 amide bonds. The number of benzene rings is 3. The molecule has 3 aromatic rings. The summed E-state index contributed by atoms with van der Waals surface area (Å²) in [6.45, 7) is 1.44. The van der Waals surface area contributed by atoms with Gasteiger partial charge in [0.05, 0.1) is 12.6 Å². The number of phenols is 1. The number of hydrogen-bond acceptors (Lipinski definition) is 6. The molecule has 1 fully saturated rings. The van der Waals surface area contributed by atoms with Gasteiger partial charge >= 0.3 is 0 Å². The molecule has 1 aliphatic heterocycles. The van der Waals surface area contributed by atoms with Crippen molar-refractivity contribution in [3.63, 3.8) is 0 Å². The van der Waals surface area contributed by atoms with Gasteiger partial charge < -0.3 is 30.6 Å². The third kappa shape index (κ3) is 7.25. The molecule has 1 aliphatic rings. The number of aromatic hydroxyl groups is 1. The molecule has 0 bridgehead atoms. The second-order valence-corrected chi connectivity index (χ2v) is 10.8. The third-order valence-electron chi connectivity index (χ3n) is 7.55. The molecule has 0 saturated carbocycles. The molecular formula is C32H37FN4O5. The van der Waals surface area contributed by atoms with Gasteiger partial charge in [-0.3, -0.25) is 14.4 Å². The maximum Gasteiger partial charge on any atom is 0.254 e. The molecule has 3 aromatic carbocycles. The van der Waals surface area contributed by atoms with Gasteiger partial charge in [-0.1, -0.05) is 48.5 Å². The van der Waals surface area contributed by atoms with E-state index < -0.39 is 42.1 Å². The molecule has 4 atom stereocenters. The summed E-state index contributed by atoms with van der Waals surface area (Å²) in [6, 6.07) is 18.9. The number of carbonyl (C=O) groups excluding carboxylic acids is 3. The highest BCUT2D eigenvalue weighted by Crippen LogP contribution is 2.24. The number of nitrogens with zero attached hydrogens (tertiary/aromatic N) is 2. The van der Waals surface area contributed by atoms with Gasteiger partial charge in [0, 0.05) is 43.9 Å². The van der Waals surface area contributed by atoms with Crippen molar-refractivity contribution in [2.75, 3.05) is 25.5 Å². The highest BCUT2D eigenvalue weighted by Gasteiger charge is 2.43. The standard InChI is InChI=1S/C32H37FN4O5/c1-20-25(10-7-11-28(20)38)30(40)35-26(16-21-8-5-4-6-9-21)29(39)32(42)37-19-23(33)17-27(37)31(41)34-18-22-12-14-24(15-13-22)36(2)3/h4-15,23,26-27,29,38-39H,16-19H2,1-3H3,(H,34,41)(H,35,40)/t23-,26-,27+,29-/m0/s1. The fraction of sp³-hybridized carbons (Fsp3) is 0.344. The first-order valence-corrected chi connectivity index (χ1v) is 13.8. The predicted molar refractivity (Wildman–Crippen MR) is 158 cm³/mol. The molecule has 42 heavy (non-hydrogen) atoms. The Balaban J connectivity index is 1.49. The molecule has 0 aromatic heterocycles. The number of phenolic OH excluding ortho intramolecular Hbond substituents is 1. The summed E-state index contributed by atoms with van der Waals surface area (Å²) >= 11 is 0. The molecule has 4 N–H and O–H groups in total. The van der Waals surface area contributed by atoms with Crippen LogP contribution in [0.4, 0.5) is 10.1 Å². The Kier molecular flexibility index (Phi) is 9.80. The number of halogens is 1. The van der Waals surface area contributed by atoms with Crippen molar-refractivity contribution in [3.05, 3.63) is 95.1 Å². The summed E-state index contributed by atoms with van der Waals surface area (Å²) < 4.78 is 14.6. The zero-order valence-electron chi connectivity index (χ0n) is 24.0. The number of hydrogen-bond donors (Lipinski definition) is 4. The molecule has 0 radical (unpaired) electrons. The van der Waals surface area contributed by atoms with Crippen LogP contribution >= 0.6 is 0 Å². The van der Waals surface area contributed by atoms with E-state index in [4.69, 9.17) is 0 Å². The van der Waals surface area contributed by atoms with E-state index in [1.807, 2.05) is 49.3 Å². The lowest BCUT2D eigenvalue weighted by atomic mass is 9.98. The van der Waals surface area contributed by atoms with Crippen LogP contribution in [-0.4, -0.2) is 77.8 Å². The quantitative estimate of drug-likeness (QED) is 0.295. The van der Waals surface area contributed by atoms with E-state index in [-0.39, 0.29) is 37.2 Å². The third-order valence-corrected chi connectivity index (χ3v) is 7.55. The molecule has 0 unspecified atom stereocenters. The van der Waals surface area contributed by atoms with E-state index in [0.717, 1.165) is 21.7 Å². The van der Waals surface area contributed by atoms with Crippen LogP contribution in [-0.2, 0) is 22.6 Å². The van der Waals surface area contributed by atoms with Gasteiger partial charge in [-0.25, -0.2) is 4.39 Å². The molecule has 0 aliphatic carbocycles. The molecule has 222 valence electrons. The van der Waals surface area contributed by atoms with Crippen LogP contribution in [0.15, 0.2) is 72.8 Å². The zero-order chi connectivity index (χ0) is 30.4. The maximum absolute atomic E-state index is 14.6. The summed E-state index contributed by atoms with van der Waals surface area (Å²) in [5.41, 5.74) is 3.13. The van der Waals surface area contributed by atoms with Crippen LogP contribution in [0.1, 0.15) is 33.5 Å². The lowest BCUT2D eigenvalue weighted by molar-refractivity contribution is -0.146. The second kappa shape index (κ2) is 13.5. The van der Waals surface area contributed by atoms with Crippen molar-refractivity contribution < 1.29 is 29.0 Å². The number of amides is 3. The van der Waals surface area contributed by atoms with Gasteiger partial charge in [-0.15, -0.1) is 0 Å². The molecule has 1 saturated heterocycles. The van der Waals surface area contributed by atoms with E-state index in [0.29, 0.717) is 5.56 Å². The molecule has 1 heterocycles. The molecule has 9 nitrogen and oxygen atoms in total. The minimum absolute atomic E-state index is 0.0626. The highest BCUT2D eigenvalue weighted by atomic mass is 19.1. The Bertz CT molecular complexity index is 1400. The van der Waals surface area contributed by atoms with Crippen LogP contribution in [0.5, 0.6) is 5.75 Å². The number of nitrogens with one attached hydrogen (secondary N) is 2. The lowest BCUT2D eigenvalue weighted by Crippen LogP contribution is -2.55. The van der Waals surface area contributed by atoms with Crippen molar-refractivity contribution in [3.8, 4) is 5.75 Å². The monoisotopic (exact) mass is 576 g/mol. The van der Waals surface area contributed by atoms with Crippen LogP contribution in [0.25, 0.3) is 0 Å². The van der Waals surface area contributed by atoms with Gasteiger partial charge in [0.2, 0.25) is 5.91 Å². The number of carbonyl (C=O) groups is 3. The van der Waals surface area contributed by atoms with Crippen molar-refractivity contribution >= 4 is 23.4 Å². The minimum Gasteiger partial charge on any atom is -0.508 e. The predicted octanol–water partition coefficient (Wildman–Crippen LogP) is 2.72. The van der Waals surface area contributed by atoms with E-state index in [1.54, 1.807) is 31.2 Å². The van der Waals surface area contributed by atoms with Crippen molar-refractivity contribution in [2.45, 2.75) is 50.7 Å². The maximum atomic E-state index is 14.6. The van der Waals surface area contributed by atoms with E-state index in [9.17, 15) is 29.0 Å². The van der Waals surface area contributed by atoms with Crippen molar-refractivity contribution in [1.82, 2.24) is 15.5 Å². The fourth-order valence-electron chi connectivity index (χ4n) is 5.06. The number of anilines is 1. The van der Waals surface area contributed by atoms with Gasteiger partial charge in [-0.2, -0.15) is 0 Å².